The molecule has 0 N–H and O–H groups in total. The summed E-state index contributed by atoms with van der Waals surface area (Å²) < 4.78 is 0. The molecule has 14 heavy (non-hydrogen) atoms. The molecule has 0 saturated carbocycles. The third kappa shape index (κ3) is 2.02. The van der Waals surface area contributed by atoms with Crippen LogP contribution in [0.5, 0.6) is 0 Å². The van der Waals surface area contributed by atoms with Gasteiger partial charge in [0.25, 0.3) is 0 Å². The van der Waals surface area contributed by atoms with E-state index in [0.717, 1.165) is 6.42 Å². The Morgan fingerprint density at radius 3 is 2.79 bits per heavy atom. The smallest absolute Gasteiger partial charge is 0.0935 e. The molecule has 0 fully saturated rings. The van der Waals surface area contributed by atoms with Crippen molar-refractivity contribution in [2.75, 3.05) is 0 Å². The lowest BCUT2D eigenvalue weighted by Gasteiger charge is -2.03. The van der Waals surface area contributed by atoms with Gasteiger partial charge >= 0.3 is 0 Å². The van der Waals surface area contributed by atoms with Crippen LogP contribution in [-0.2, 0) is 6.42 Å². The number of rotatable bonds is 3. The lowest BCUT2D eigenvalue weighted by atomic mass is 10.2. The number of hydrogen-bond acceptors (Lipinski definition) is 2. The number of halogens is 1. The Hall–Kier alpha value is -0.310. The highest BCUT2D eigenvalue weighted by molar-refractivity contribution is 7.12. The summed E-state index contributed by atoms with van der Waals surface area (Å²) in [5, 5.41) is 4.22. The van der Waals surface area contributed by atoms with Crippen LogP contribution in [0.4, 0.5) is 0 Å². The van der Waals surface area contributed by atoms with E-state index in [4.69, 9.17) is 11.6 Å². The van der Waals surface area contributed by atoms with Crippen LogP contribution in [0.15, 0.2) is 29.0 Å². The number of hydrogen-bond donors (Lipinski definition) is 0. The van der Waals surface area contributed by atoms with E-state index in [-0.39, 0.29) is 5.38 Å². The summed E-state index contributed by atoms with van der Waals surface area (Å²) in [6, 6.07) is 6.40. The third-order valence-corrected chi connectivity index (χ3v) is 4.73. The van der Waals surface area contributed by atoms with Crippen molar-refractivity contribution in [3.63, 3.8) is 0 Å². The van der Waals surface area contributed by atoms with Crippen LogP contribution in [0.3, 0.4) is 0 Å². The topological polar surface area (TPSA) is 0 Å². The van der Waals surface area contributed by atoms with Crippen molar-refractivity contribution in [1.82, 2.24) is 0 Å². The second kappa shape index (κ2) is 4.47. The number of aryl methyl sites for hydroxylation is 1. The van der Waals surface area contributed by atoms with E-state index in [1.165, 1.54) is 15.3 Å². The maximum absolute atomic E-state index is 6.36. The molecular formula is C11H11ClS2. The maximum Gasteiger partial charge on any atom is 0.0935 e. The van der Waals surface area contributed by atoms with E-state index in [2.05, 4.69) is 35.9 Å². The first kappa shape index (κ1) is 10.2. The molecule has 0 amide bonds. The zero-order valence-electron chi connectivity index (χ0n) is 7.87. The Morgan fingerprint density at radius 1 is 1.36 bits per heavy atom. The van der Waals surface area contributed by atoms with Gasteiger partial charge in [-0.25, -0.2) is 0 Å². The Labute approximate surface area is 97.2 Å². The van der Waals surface area contributed by atoms with Crippen molar-refractivity contribution in [1.29, 1.82) is 0 Å². The molecule has 0 aromatic carbocycles. The second-order valence-corrected chi connectivity index (χ2v) is 5.49. The lowest BCUT2D eigenvalue weighted by Crippen LogP contribution is -1.85. The first-order valence-corrected chi connectivity index (χ1v) is 6.75. The quantitative estimate of drug-likeness (QED) is 0.685. The molecule has 0 aliphatic carbocycles. The molecule has 2 heterocycles. The molecule has 2 rings (SSSR count). The SMILES string of the molecule is CCc1ccc(C(Cl)c2ccsc2)s1. The molecule has 1 atom stereocenters. The predicted molar refractivity (Wildman–Crippen MR) is 65.7 cm³/mol. The molecule has 2 aromatic heterocycles. The molecule has 3 heteroatoms. The molecule has 0 spiro atoms. The molecule has 0 bridgehead atoms. The fourth-order valence-electron chi connectivity index (χ4n) is 1.30. The van der Waals surface area contributed by atoms with Gasteiger partial charge in [0.1, 0.15) is 0 Å². The van der Waals surface area contributed by atoms with Gasteiger partial charge in [-0.15, -0.1) is 22.9 Å². The van der Waals surface area contributed by atoms with Crippen LogP contribution >= 0.6 is 34.3 Å². The maximum atomic E-state index is 6.36. The van der Waals surface area contributed by atoms with Gasteiger partial charge in [0.2, 0.25) is 0 Å². The normalized spacial score (nSPS) is 13.0. The fourth-order valence-corrected chi connectivity index (χ4v) is 3.37. The van der Waals surface area contributed by atoms with Gasteiger partial charge in [-0.1, -0.05) is 6.92 Å². The highest BCUT2D eigenvalue weighted by atomic mass is 35.5. The summed E-state index contributed by atoms with van der Waals surface area (Å²) >= 11 is 9.87. The van der Waals surface area contributed by atoms with Gasteiger partial charge in [0.15, 0.2) is 0 Å². The minimum atomic E-state index is 0.0338. The summed E-state index contributed by atoms with van der Waals surface area (Å²) in [7, 11) is 0. The van der Waals surface area contributed by atoms with Crippen molar-refractivity contribution in [2.24, 2.45) is 0 Å². The average Bonchev–Trinajstić information content (AvgIpc) is 2.88. The van der Waals surface area contributed by atoms with Gasteiger partial charge in [-0.3, -0.25) is 0 Å². The molecular weight excluding hydrogens is 232 g/mol. The number of thiophene rings is 2. The summed E-state index contributed by atoms with van der Waals surface area (Å²) in [6.45, 7) is 2.17. The van der Waals surface area contributed by atoms with Crippen LogP contribution in [-0.4, -0.2) is 0 Å². The predicted octanol–water partition coefficient (Wildman–Crippen LogP) is 4.70. The summed E-state index contributed by atoms with van der Waals surface area (Å²) in [5.41, 5.74) is 1.21. The molecule has 0 radical (unpaired) electrons. The molecule has 74 valence electrons. The molecule has 0 aliphatic rings. The molecule has 2 aromatic rings. The third-order valence-electron chi connectivity index (χ3n) is 2.12. The van der Waals surface area contributed by atoms with Crippen LogP contribution in [0.25, 0.3) is 0 Å². The second-order valence-electron chi connectivity index (χ2n) is 3.08. The van der Waals surface area contributed by atoms with E-state index in [0.29, 0.717) is 0 Å². The van der Waals surface area contributed by atoms with E-state index in [1.54, 1.807) is 11.3 Å². The molecule has 0 nitrogen and oxygen atoms in total. The van der Waals surface area contributed by atoms with Gasteiger partial charge in [-0.2, -0.15) is 11.3 Å². The summed E-state index contributed by atoms with van der Waals surface area (Å²) in [6.07, 6.45) is 1.10. The van der Waals surface area contributed by atoms with Gasteiger partial charge in [0, 0.05) is 9.75 Å². The zero-order valence-corrected chi connectivity index (χ0v) is 10.3. The average molecular weight is 243 g/mol. The van der Waals surface area contributed by atoms with E-state index in [1.807, 2.05) is 11.3 Å². The highest BCUT2D eigenvalue weighted by Gasteiger charge is 2.12. The minimum absolute atomic E-state index is 0.0338. The first-order chi connectivity index (χ1) is 6.81. The van der Waals surface area contributed by atoms with Gasteiger partial charge in [-0.05, 0) is 40.9 Å². The molecule has 0 saturated heterocycles. The van der Waals surface area contributed by atoms with E-state index >= 15 is 0 Å². The summed E-state index contributed by atoms with van der Waals surface area (Å²) in [4.78, 5) is 2.66. The fraction of sp³-hybridized carbons (Fsp3) is 0.273. The monoisotopic (exact) mass is 242 g/mol. The van der Waals surface area contributed by atoms with Gasteiger partial charge < -0.3 is 0 Å². The Bertz CT molecular complexity index is 389. The first-order valence-electron chi connectivity index (χ1n) is 4.56. The van der Waals surface area contributed by atoms with E-state index in [9.17, 15) is 0 Å². The molecule has 0 aliphatic heterocycles. The van der Waals surface area contributed by atoms with Crippen LogP contribution < -0.4 is 0 Å². The lowest BCUT2D eigenvalue weighted by molar-refractivity contribution is 1.19. The summed E-state index contributed by atoms with van der Waals surface area (Å²) in [5.74, 6) is 0. The molecule has 1 unspecified atom stereocenters. The van der Waals surface area contributed by atoms with Crippen molar-refractivity contribution in [3.8, 4) is 0 Å². The van der Waals surface area contributed by atoms with Crippen molar-refractivity contribution < 1.29 is 0 Å². The Kier molecular flexibility index (Phi) is 3.26. The van der Waals surface area contributed by atoms with Crippen molar-refractivity contribution >= 4 is 34.3 Å². The van der Waals surface area contributed by atoms with Crippen molar-refractivity contribution in [2.45, 2.75) is 18.7 Å². The largest absolute Gasteiger partial charge is 0.152 e. The van der Waals surface area contributed by atoms with Crippen LogP contribution in [0, 0.1) is 0 Å². The standard InChI is InChI=1S/C11H11ClS2/c1-2-9-3-4-10(14-9)11(12)8-5-6-13-7-8/h3-7,11H,2H2,1H3. The Balaban J connectivity index is 2.23. The van der Waals surface area contributed by atoms with Crippen molar-refractivity contribution in [3.05, 3.63) is 44.3 Å². The minimum Gasteiger partial charge on any atom is -0.152 e. The van der Waals surface area contributed by atoms with E-state index < -0.39 is 0 Å². The highest BCUT2D eigenvalue weighted by Crippen LogP contribution is 2.34. The van der Waals surface area contributed by atoms with Gasteiger partial charge in [0.05, 0.1) is 5.38 Å². The van der Waals surface area contributed by atoms with Crippen LogP contribution in [0.1, 0.15) is 27.6 Å². The van der Waals surface area contributed by atoms with Crippen LogP contribution in [0.2, 0.25) is 0 Å². The Morgan fingerprint density at radius 2 is 2.21 bits per heavy atom. The number of alkyl halides is 1. The zero-order chi connectivity index (χ0) is 9.97.